The first kappa shape index (κ1) is 18.3. The number of aromatic nitrogens is 1. The third-order valence-electron chi connectivity index (χ3n) is 7.18. The summed E-state index contributed by atoms with van der Waals surface area (Å²) < 4.78 is 2.69. The van der Waals surface area contributed by atoms with Gasteiger partial charge in [-0.05, 0) is 63.0 Å². The fourth-order valence-electron chi connectivity index (χ4n) is 5.67. The minimum atomic E-state index is 1.18. The summed E-state index contributed by atoms with van der Waals surface area (Å²) in [5.74, 6) is 0. The Morgan fingerprint density at radius 3 is 2.12 bits per heavy atom. The van der Waals surface area contributed by atoms with E-state index in [4.69, 9.17) is 0 Å². The molecule has 1 N–H and O–H groups in total. The Bertz CT molecular complexity index is 2070. The predicted octanol–water partition coefficient (Wildman–Crippen LogP) is 9.66. The summed E-state index contributed by atoms with van der Waals surface area (Å²) in [4.78, 5) is 3.64. The van der Waals surface area contributed by atoms with E-state index in [0.29, 0.717) is 0 Å². The van der Waals surface area contributed by atoms with Crippen LogP contribution < -0.4 is 0 Å². The highest BCUT2D eigenvalue weighted by molar-refractivity contribution is 7.26. The Kier molecular flexibility index (Phi) is 3.60. The average molecular weight is 450 g/mol. The highest BCUT2D eigenvalue weighted by Gasteiger charge is 2.15. The number of benzene rings is 6. The van der Waals surface area contributed by atoms with E-state index < -0.39 is 0 Å². The van der Waals surface area contributed by atoms with E-state index in [1.165, 1.54) is 74.6 Å². The second-order valence-electron chi connectivity index (χ2n) is 9.04. The number of aromatic amines is 1. The van der Waals surface area contributed by atoms with Crippen LogP contribution >= 0.6 is 11.3 Å². The van der Waals surface area contributed by atoms with Gasteiger partial charge in [-0.1, -0.05) is 78.9 Å². The maximum atomic E-state index is 3.64. The molecule has 8 aromatic rings. The lowest BCUT2D eigenvalue weighted by molar-refractivity contribution is 1.55. The first-order chi connectivity index (χ1) is 16.8. The molecule has 0 radical (unpaired) electrons. The molecule has 0 aliphatic rings. The number of rotatable bonds is 1. The van der Waals surface area contributed by atoms with Crippen LogP contribution in [-0.2, 0) is 0 Å². The molecule has 0 unspecified atom stereocenters. The molecule has 1 nitrogen and oxygen atoms in total. The van der Waals surface area contributed by atoms with Crippen LogP contribution in [0.5, 0.6) is 0 Å². The van der Waals surface area contributed by atoms with Crippen LogP contribution in [0.2, 0.25) is 0 Å². The molecular weight excluding hydrogens is 430 g/mol. The van der Waals surface area contributed by atoms with E-state index in [2.05, 4.69) is 114 Å². The third kappa shape index (κ3) is 2.43. The monoisotopic (exact) mass is 449 g/mol. The van der Waals surface area contributed by atoms with E-state index in [1.807, 2.05) is 11.3 Å². The van der Waals surface area contributed by atoms with Gasteiger partial charge in [0.1, 0.15) is 0 Å². The zero-order chi connectivity index (χ0) is 22.2. The van der Waals surface area contributed by atoms with Crippen LogP contribution in [0, 0.1) is 0 Å². The molecule has 6 aromatic carbocycles. The molecule has 0 bridgehead atoms. The van der Waals surface area contributed by atoms with Crippen molar-refractivity contribution in [3.05, 3.63) is 109 Å². The molecule has 0 saturated heterocycles. The summed E-state index contributed by atoms with van der Waals surface area (Å²) in [6.45, 7) is 0. The molecule has 0 fully saturated rings. The van der Waals surface area contributed by atoms with Crippen molar-refractivity contribution in [1.29, 1.82) is 0 Å². The van der Waals surface area contributed by atoms with Gasteiger partial charge in [0, 0.05) is 42.0 Å². The van der Waals surface area contributed by atoms with Crippen molar-refractivity contribution in [3.8, 4) is 11.1 Å². The Hall–Kier alpha value is -4.14. The van der Waals surface area contributed by atoms with Crippen LogP contribution in [-0.4, -0.2) is 4.98 Å². The minimum absolute atomic E-state index is 1.18. The minimum Gasteiger partial charge on any atom is -0.354 e. The van der Waals surface area contributed by atoms with Gasteiger partial charge >= 0.3 is 0 Å². The van der Waals surface area contributed by atoms with E-state index in [-0.39, 0.29) is 0 Å². The van der Waals surface area contributed by atoms with Gasteiger partial charge in [0.05, 0.1) is 0 Å². The molecule has 2 heteroatoms. The maximum absolute atomic E-state index is 3.64. The number of hydrogen-bond donors (Lipinski definition) is 1. The summed E-state index contributed by atoms with van der Waals surface area (Å²) in [6.07, 6.45) is 0. The molecule has 0 aliphatic carbocycles. The Morgan fingerprint density at radius 1 is 0.471 bits per heavy atom. The average Bonchev–Trinajstić information content (AvgIpc) is 3.46. The van der Waals surface area contributed by atoms with E-state index >= 15 is 0 Å². The first-order valence-corrected chi connectivity index (χ1v) is 12.4. The molecule has 158 valence electrons. The Balaban J connectivity index is 1.49. The summed E-state index contributed by atoms with van der Waals surface area (Å²) in [5, 5.41) is 10.5. The molecule has 0 aliphatic heterocycles. The number of thiophene rings is 1. The van der Waals surface area contributed by atoms with Crippen LogP contribution in [0.4, 0.5) is 0 Å². The molecule has 0 saturated carbocycles. The summed E-state index contributed by atoms with van der Waals surface area (Å²) >= 11 is 1.89. The van der Waals surface area contributed by atoms with Crippen molar-refractivity contribution >= 4 is 74.9 Å². The fourth-order valence-corrected chi connectivity index (χ4v) is 6.83. The lowest BCUT2D eigenvalue weighted by Gasteiger charge is -2.10. The van der Waals surface area contributed by atoms with E-state index in [0.717, 1.165) is 0 Å². The molecular formula is C32H19NS. The standard InChI is InChI=1S/C32H19NS/c1-2-8-21-19(7-1)13-16-28-31(21)26-17-20(14-15-27(26)33-28)25-18-30-32(23-10-4-3-9-22(23)25)24-11-5-6-12-29(24)34-30/h1-18,33H. The van der Waals surface area contributed by atoms with Crippen molar-refractivity contribution in [3.63, 3.8) is 0 Å². The quantitative estimate of drug-likeness (QED) is 0.257. The van der Waals surface area contributed by atoms with Crippen LogP contribution in [0.1, 0.15) is 0 Å². The van der Waals surface area contributed by atoms with Crippen molar-refractivity contribution in [1.82, 2.24) is 4.98 Å². The number of hydrogen-bond acceptors (Lipinski definition) is 1. The van der Waals surface area contributed by atoms with Crippen molar-refractivity contribution < 1.29 is 0 Å². The third-order valence-corrected chi connectivity index (χ3v) is 8.30. The number of fused-ring (bicyclic) bond motifs is 10. The maximum Gasteiger partial charge on any atom is 0.0471 e. The molecule has 2 aromatic heterocycles. The smallest absolute Gasteiger partial charge is 0.0471 e. The van der Waals surface area contributed by atoms with Crippen LogP contribution in [0.15, 0.2) is 109 Å². The molecule has 2 heterocycles. The molecule has 8 rings (SSSR count). The number of H-pyrrole nitrogens is 1. The summed E-state index contributed by atoms with van der Waals surface area (Å²) in [7, 11) is 0. The lowest BCUT2D eigenvalue weighted by Crippen LogP contribution is -1.83. The van der Waals surface area contributed by atoms with Gasteiger partial charge in [-0.3, -0.25) is 0 Å². The Labute approximate surface area is 199 Å². The van der Waals surface area contributed by atoms with E-state index in [1.54, 1.807) is 0 Å². The second-order valence-corrected chi connectivity index (χ2v) is 10.1. The predicted molar refractivity (Wildman–Crippen MR) is 149 cm³/mol. The van der Waals surface area contributed by atoms with Crippen LogP contribution in [0.25, 0.3) is 74.6 Å². The van der Waals surface area contributed by atoms with Gasteiger partial charge in [-0.15, -0.1) is 11.3 Å². The molecule has 0 spiro atoms. The normalized spacial score (nSPS) is 12.1. The molecule has 0 atom stereocenters. The first-order valence-electron chi connectivity index (χ1n) is 11.6. The van der Waals surface area contributed by atoms with Crippen molar-refractivity contribution in [2.75, 3.05) is 0 Å². The fraction of sp³-hybridized carbons (Fsp3) is 0. The van der Waals surface area contributed by atoms with Crippen molar-refractivity contribution in [2.24, 2.45) is 0 Å². The Morgan fingerprint density at radius 2 is 1.21 bits per heavy atom. The van der Waals surface area contributed by atoms with E-state index in [9.17, 15) is 0 Å². The highest BCUT2D eigenvalue weighted by atomic mass is 32.1. The zero-order valence-electron chi connectivity index (χ0n) is 18.3. The highest BCUT2D eigenvalue weighted by Crippen LogP contribution is 2.43. The van der Waals surface area contributed by atoms with Gasteiger partial charge in [0.15, 0.2) is 0 Å². The number of nitrogens with one attached hydrogen (secondary N) is 1. The SMILES string of the molecule is c1ccc2c(c1)ccc1[nH]c3ccc(-c4cc5sc6ccccc6c5c5ccccc45)cc3c12. The van der Waals surface area contributed by atoms with Gasteiger partial charge in [0.25, 0.3) is 0 Å². The zero-order valence-corrected chi connectivity index (χ0v) is 19.1. The van der Waals surface area contributed by atoms with Gasteiger partial charge < -0.3 is 4.98 Å². The molecule has 0 amide bonds. The van der Waals surface area contributed by atoms with Gasteiger partial charge in [0.2, 0.25) is 0 Å². The van der Waals surface area contributed by atoms with Gasteiger partial charge in [-0.2, -0.15) is 0 Å². The van der Waals surface area contributed by atoms with Crippen molar-refractivity contribution in [2.45, 2.75) is 0 Å². The lowest BCUT2D eigenvalue weighted by atomic mass is 9.94. The largest absolute Gasteiger partial charge is 0.354 e. The summed E-state index contributed by atoms with van der Waals surface area (Å²) in [6, 6.07) is 40.0. The van der Waals surface area contributed by atoms with Gasteiger partial charge in [-0.25, -0.2) is 0 Å². The van der Waals surface area contributed by atoms with Crippen LogP contribution in [0.3, 0.4) is 0 Å². The molecule has 34 heavy (non-hydrogen) atoms. The second kappa shape index (κ2) is 6.69. The summed E-state index contributed by atoms with van der Waals surface area (Å²) in [5.41, 5.74) is 4.93. The topological polar surface area (TPSA) is 15.8 Å².